The zero-order chi connectivity index (χ0) is 28.7. The number of anilines is 1. The van der Waals surface area contributed by atoms with Crippen molar-refractivity contribution in [2.75, 3.05) is 17.8 Å². The average Bonchev–Trinajstić information content (AvgIpc) is 3.46. The molecule has 210 valence electrons. The van der Waals surface area contributed by atoms with E-state index < -0.39 is 16.1 Å². The summed E-state index contributed by atoms with van der Waals surface area (Å²) in [5.74, 6) is 0.824. The van der Waals surface area contributed by atoms with Gasteiger partial charge in [0.2, 0.25) is 11.7 Å². The molecule has 0 radical (unpaired) electrons. The largest absolute Gasteiger partial charge is 0.387 e. The Morgan fingerprint density at radius 2 is 1.66 bits per heavy atom. The van der Waals surface area contributed by atoms with Crippen LogP contribution in [0.5, 0.6) is 0 Å². The molecule has 11 heteroatoms. The van der Waals surface area contributed by atoms with Crippen LogP contribution in [0.1, 0.15) is 28.7 Å². The molecule has 0 aliphatic carbocycles. The molecule has 9 nitrogen and oxygen atoms in total. The fourth-order valence-electron chi connectivity index (χ4n) is 4.12. The predicted molar refractivity (Wildman–Crippen MR) is 157 cm³/mol. The van der Waals surface area contributed by atoms with Crippen LogP contribution >= 0.6 is 11.6 Å². The molecule has 0 aliphatic heterocycles. The average molecular weight is 590 g/mol. The second-order valence-corrected chi connectivity index (χ2v) is 11.5. The SMILES string of the molecule is O=S(=O)(Nc1ccc(CCNC[C@H](O)c2cccnc2)cc1)c1ccc(-c2noc(Cc3ccc(Cl)cc3)n2)cc1. The third-order valence-corrected chi connectivity index (χ3v) is 8.01. The Kier molecular flexibility index (Phi) is 9.05. The minimum absolute atomic E-state index is 0.117. The number of aliphatic hydroxyl groups excluding tert-OH is 1. The van der Waals surface area contributed by atoms with Crippen LogP contribution in [0.2, 0.25) is 5.02 Å². The van der Waals surface area contributed by atoms with Gasteiger partial charge in [-0.3, -0.25) is 9.71 Å². The van der Waals surface area contributed by atoms with Crippen molar-refractivity contribution in [3.05, 3.63) is 125 Å². The summed E-state index contributed by atoms with van der Waals surface area (Å²) in [4.78, 5) is 8.55. The van der Waals surface area contributed by atoms with Gasteiger partial charge in [0.25, 0.3) is 10.0 Å². The third-order valence-electron chi connectivity index (χ3n) is 6.36. The highest BCUT2D eigenvalue weighted by Gasteiger charge is 2.16. The van der Waals surface area contributed by atoms with Gasteiger partial charge < -0.3 is 14.9 Å². The first-order valence-corrected chi connectivity index (χ1v) is 14.8. The third kappa shape index (κ3) is 7.77. The number of pyridine rings is 1. The second kappa shape index (κ2) is 13.0. The van der Waals surface area contributed by atoms with Gasteiger partial charge in [-0.05, 0) is 78.7 Å². The van der Waals surface area contributed by atoms with Gasteiger partial charge in [-0.25, -0.2) is 8.42 Å². The number of hydrogen-bond acceptors (Lipinski definition) is 8. The van der Waals surface area contributed by atoms with E-state index in [1.165, 1.54) is 12.1 Å². The summed E-state index contributed by atoms with van der Waals surface area (Å²) in [5.41, 5.74) is 3.89. The predicted octanol–water partition coefficient (Wildman–Crippen LogP) is 5.04. The van der Waals surface area contributed by atoms with E-state index in [2.05, 4.69) is 25.2 Å². The summed E-state index contributed by atoms with van der Waals surface area (Å²) in [6.45, 7) is 1.08. The molecule has 3 aromatic carbocycles. The van der Waals surface area contributed by atoms with E-state index in [1.807, 2.05) is 30.3 Å². The van der Waals surface area contributed by atoms with Gasteiger partial charge in [0.15, 0.2) is 0 Å². The van der Waals surface area contributed by atoms with Crippen LogP contribution in [0.15, 0.2) is 107 Å². The Bertz CT molecular complexity index is 1660. The molecule has 0 saturated heterocycles. The number of hydrogen-bond donors (Lipinski definition) is 3. The number of rotatable bonds is 12. The molecule has 2 heterocycles. The lowest BCUT2D eigenvalue weighted by Gasteiger charge is -2.12. The fourth-order valence-corrected chi connectivity index (χ4v) is 5.30. The standard InChI is InChI=1S/C30H28ClN5O4S/c31-25-9-3-22(4-10-25)18-29-34-30(35-40-29)23-7-13-27(14-8-23)41(38,39)36-26-11-5-21(6-12-26)15-17-33-20-28(37)24-2-1-16-32-19-24/h1-14,16,19,28,33,36-37H,15,17-18,20H2/t28-/m0/s1. The summed E-state index contributed by atoms with van der Waals surface area (Å²) >= 11 is 5.93. The molecule has 0 spiro atoms. The molecule has 41 heavy (non-hydrogen) atoms. The molecule has 0 saturated carbocycles. The molecule has 5 aromatic rings. The van der Waals surface area contributed by atoms with Crippen LogP contribution in [-0.4, -0.2) is 41.7 Å². The summed E-state index contributed by atoms with van der Waals surface area (Å²) in [7, 11) is -3.79. The van der Waals surface area contributed by atoms with Crippen molar-refractivity contribution < 1.29 is 18.0 Å². The van der Waals surface area contributed by atoms with Crippen molar-refractivity contribution >= 4 is 27.3 Å². The summed E-state index contributed by atoms with van der Waals surface area (Å²) in [6.07, 6.45) is 3.88. The number of sulfonamides is 1. The summed E-state index contributed by atoms with van der Waals surface area (Å²) in [6, 6.07) is 24.5. The van der Waals surface area contributed by atoms with Gasteiger partial charge in [-0.15, -0.1) is 0 Å². The van der Waals surface area contributed by atoms with Crippen LogP contribution in [0.4, 0.5) is 5.69 Å². The lowest BCUT2D eigenvalue weighted by Crippen LogP contribution is -2.23. The highest BCUT2D eigenvalue weighted by molar-refractivity contribution is 7.92. The van der Waals surface area contributed by atoms with E-state index in [-0.39, 0.29) is 4.90 Å². The lowest BCUT2D eigenvalue weighted by molar-refractivity contribution is 0.174. The molecule has 2 aromatic heterocycles. The molecule has 0 fully saturated rings. The molecule has 5 rings (SSSR count). The quantitative estimate of drug-likeness (QED) is 0.173. The van der Waals surface area contributed by atoms with E-state index in [0.717, 1.165) is 23.1 Å². The highest BCUT2D eigenvalue weighted by Crippen LogP contribution is 2.22. The maximum Gasteiger partial charge on any atom is 0.261 e. The number of halogens is 1. The molecular weight excluding hydrogens is 562 g/mol. The first kappa shape index (κ1) is 28.4. The number of aliphatic hydroxyl groups is 1. The van der Waals surface area contributed by atoms with Gasteiger partial charge in [0.05, 0.1) is 17.4 Å². The molecular formula is C30H28ClN5O4S. The first-order valence-electron chi connectivity index (χ1n) is 12.9. The van der Waals surface area contributed by atoms with E-state index in [9.17, 15) is 13.5 Å². The Labute approximate surface area is 243 Å². The van der Waals surface area contributed by atoms with Gasteiger partial charge in [-0.2, -0.15) is 4.98 Å². The molecule has 0 bridgehead atoms. The van der Waals surface area contributed by atoms with Gasteiger partial charge >= 0.3 is 0 Å². The molecule has 0 aliphatic rings. The van der Waals surface area contributed by atoms with Crippen molar-refractivity contribution in [1.29, 1.82) is 0 Å². The normalized spacial score (nSPS) is 12.2. The van der Waals surface area contributed by atoms with E-state index in [4.69, 9.17) is 16.1 Å². The van der Waals surface area contributed by atoms with Crippen molar-refractivity contribution in [2.24, 2.45) is 0 Å². The van der Waals surface area contributed by atoms with Gasteiger partial charge in [0.1, 0.15) is 0 Å². The maximum absolute atomic E-state index is 12.9. The van der Waals surface area contributed by atoms with E-state index >= 15 is 0 Å². The minimum Gasteiger partial charge on any atom is -0.387 e. The van der Waals surface area contributed by atoms with Crippen LogP contribution in [0, 0.1) is 0 Å². The topological polar surface area (TPSA) is 130 Å². The zero-order valence-electron chi connectivity index (χ0n) is 21.9. The Hall–Kier alpha value is -4.09. The summed E-state index contributed by atoms with van der Waals surface area (Å²) < 4.78 is 33.9. The first-order chi connectivity index (χ1) is 19.9. The second-order valence-electron chi connectivity index (χ2n) is 9.40. The number of nitrogens with zero attached hydrogens (tertiary/aromatic N) is 3. The van der Waals surface area contributed by atoms with Crippen LogP contribution in [0.25, 0.3) is 11.4 Å². The van der Waals surface area contributed by atoms with Crippen LogP contribution in [-0.2, 0) is 22.9 Å². The summed E-state index contributed by atoms with van der Waals surface area (Å²) in [5, 5.41) is 18.1. The maximum atomic E-state index is 12.9. The monoisotopic (exact) mass is 589 g/mol. The van der Waals surface area contributed by atoms with E-state index in [1.54, 1.807) is 54.9 Å². The number of nitrogens with one attached hydrogen (secondary N) is 2. The smallest absolute Gasteiger partial charge is 0.261 e. The van der Waals surface area contributed by atoms with Crippen molar-refractivity contribution in [2.45, 2.75) is 23.8 Å². The number of aromatic nitrogens is 3. The molecule has 3 N–H and O–H groups in total. The molecule has 0 unspecified atom stereocenters. The van der Waals surface area contributed by atoms with E-state index in [0.29, 0.717) is 47.5 Å². The van der Waals surface area contributed by atoms with Gasteiger partial charge in [-0.1, -0.05) is 47.1 Å². The van der Waals surface area contributed by atoms with Crippen LogP contribution < -0.4 is 10.0 Å². The fraction of sp³-hybridized carbons (Fsp3) is 0.167. The van der Waals surface area contributed by atoms with Crippen molar-refractivity contribution in [3.8, 4) is 11.4 Å². The Morgan fingerprint density at radius 3 is 2.37 bits per heavy atom. The van der Waals surface area contributed by atoms with Gasteiger partial charge in [0, 0.05) is 40.8 Å². The lowest BCUT2D eigenvalue weighted by atomic mass is 10.1. The molecule has 1 atom stereocenters. The molecule has 0 amide bonds. The number of benzene rings is 3. The van der Waals surface area contributed by atoms with Crippen molar-refractivity contribution in [3.63, 3.8) is 0 Å². The Balaban J connectivity index is 1.12. The van der Waals surface area contributed by atoms with Crippen molar-refractivity contribution in [1.82, 2.24) is 20.4 Å². The zero-order valence-corrected chi connectivity index (χ0v) is 23.5. The Morgan fingerprint density at radius 1 is 0.927 bits per heavy atom. The minimum atomic E-state index is -3.79. The van der Waals surface area contributed by atoms with Crippen LogP contribution in [0.3, 0.4) is 0 Å². The highest BCUT2D eigenvalue weighted by atomic mass is 35.5.